The van der Waals surface area contributed by atoms with E-state index in [1.807, 2.05) is 36.4 Å². The highest BCUT2D eigenvalue weighted by Crippen LogP contribution is 2.42. The molecule has 0 unspecified atom stereocenters. The molecule has 5 rings (SSSR count). The van der Waals surface area contributed by atoms with E-state index in [0.29, 0.717) is 23.5 Å². The molecule has 7 nitrogen and oxygen atoms in total. The lowest BCUT2D eigenvalue weighted by atomic mass is 10.1. The number of para-hydroxylation sites is 1. The second-order valence-electron chi connectivity index (χ2n) is 8.39. The van der Waals surface area contributed by atoms with Crippen molar-refractivity contribution in [2.75, 3.05) is 22.5 Å². The molecule has 2 heterocycles. The number of ether oxygens (including phenoxy) is 2. The number of amides is 1. The van der Waals surface area contributed by atoms with Crippen LogP contribution in [-0.4, -0.2) is 23.7 Å². The lowest BCUT2D eigenvalue weighted by Crippen LogP contribution is -2.25. The lowest BCUT2D eigenvalue weighted by molar-refractivity contribution is -0.286. The van der Waals surface area contributed by atoms with Crippen molar-refractivity contribution in [3.05, 3.63) is 108 Å². The second-order valence-corrected chi connectivity index (χ2v) is 8.39. The summed E-state index contributed by atoms with van der Waals surface area (Å²) < 4.78 is 35.4. The summed E-state index contributed by atoms with van der Waals surface area (Å²) in [6.07, 6.45) is -1.09. The molecule has 1 aromatic heterocycles. The molecule has 0 fully saturated rings. The summed E-state index contributed by atoms with van der Waals surface area (Å²) in [5.41, 5.74) is 3.58. The maximum atomic E-state index is 13.3. The number of hydrogen-bond donors (Lipinski definition) is 3. The zero-order valence-corrected chi connectivity index (χ0v) is 19.7. The average molecular weight is 503 g/mol. The summed E-state index contributed by atoms with van der Waals surface area (Å²) in [6, 6.07) is 25.2. The van der Waals surface area contributed by atoms with Gasteiger partial charge in [-0.25, -0.2) is 4.98 Å². The molecule has 1 aliphatic heterocycles. The number of carbonyl (C=O) groups excluding carboxylic acids is 1. The molecule has 1 amide bonds. The Hall–Kier alpha value is -4.66. The fourth-order valence-corrected chi connectivity index (χ4v) is 3.92. The molecule has 0 aliphatic carbocycles. The molecule has 37 heavy (non-hydrogen) atoms. The summed E-state index contributed by atoms with van der Waals surface area (Å²) in [6.45, 7) is 1.23. The van der Waals surface area contributed by atoms with Gasteiger partial charge in [0.25, 0.3) is 5.91 Å². The molecule has 9 heteroatoms. The molecule has 3 aromatic carbocycles. The van der Waals surface area contributed by atoms with E-state index in [4.69, 9.17) is 0 Å². The third-order valence-corrected chi connectivity index (χ3v) is 5.70. The van der Waals surface area contributed by atoms with E-state index in [-0.39, 0.29) is 11.5 Å². The standard InChI is InChI=1S/C28H24F2N4O3/c29-28(30)36-24-11-10-21(17-25(24)37-28)34-27(35)22-8-4-5-9-23(22)33-18-20-13-15-32-26(16-20)31-14-12-19-6-2-1-3-7-19/h1-11,13,15-17,33H,12,14,18H2,(H,31,32)(H,34,35). The second kappa shape index (κ2) is 10.5. The largest absolute Gasteiger partial charge is 0.586 e. The van der Waals surface area contributed by atoms with Gasteiger partial charge in [0.1, 0.15) is 5.82 Å². The number of alkyl halides is 2. The van der Waals surface area contributed by atoms with Crippen molar-refractivity contribution in [2.45, 2.75) is 19.3 Å². The number of anilines is 3. The summed E-state index contributed by atoms with van der Waals surface area (Å²) in [4.78, 5) is 17.4. The van der Waals surface area contributed by atoms with Gasteiger partial charge in [0.05, 0.1) is 5.56 Å². The number of benzene rings is 3. The quantitative estimate of drug-likeness (QED) is 0.263. The van der Waals surface area contributed by atoms with E-state index >= 15 is 0 Å². The Labute approximate surface area is 212 Å². The minimum atomic E-state index is -3.72. The van der Waals surface area contributed by atoms with Crippen LogP contribution >= 0.6 is 0 Å². The van der Waals surface area contributed by atoms with Crippen molar-refractivity contribution in [1.29, 1.82) is 0 Å². The molecule has 0 radical (unpaired) electrons. The van der Waals surface area contributed by atoms with Crippen molar-refractivity contribution in [3.8, 4) is 11.5 Å². The van der Waals surface area contributed by atoms with Gasteiger partial charge in [0.2, 0.25) is 0 Å². The molecule has 0 atom stereocenters. The summed E-state index contributed by atoms with van der Waals surface area (Å²) in [5, 5.41) is 9.36. The van der Waals surface area contributed by atoms with Gasteiger partial charge in [-0.05, 0) is 53.9 Å². The predicted octanol–water partition coefficient (Wildman–Crippen LogP) is 5.92. The molecule has 0 saturated carbocycles. The van der Waals surface area contributed by atoms with Crippen molar-refractivity contribution < 1.29 is 23.0 Å². The van der Waals surface area contributed by atoms with Gasteiger partial charge in [-0.1, -0.05) is 42.5 Å². The fraction of sp³-hybridized carbons (Fsp3) is 0.143. The van der Waals surface area contributed by atoms with E-state index in [9.17, 15) is 13.6 Å². The Morgan fingerprint density at radius 2 is 1.62 bits per heavy atom. The van der Waals surface area contributed by atoms with Crippen LogP contribution in [0.5, 0.6) is 11.5 Å². The Bertz CT molecular complexity index is 1400. The zero-order chi connectivity index (χ0) is 25.7. The van der Waals surface area contributed by atoms with Crippen molar-refractivity contribution in [3.63, 3.8) is 0 Å². The van der Waals surface area contributed by atoms with Crippen LogP contribution in [0.4, 0.5) is 26.0 Å². The highest BCUT2D eigenvalue weighted by atomic mass is 19.3. The Morgan fingerprint density at radius 1 is 0.838 bits per heavy atom. The van der Waals surface area contributed by atoms with E-state index in [1.54, 1.807) is 24.4 Å². The van der Waals surface area contributed by atoms with E-state index in [2.05, 4.69) is 42.5 Å². The van der Waals surface area contributed by atoms with Gasteiger partial charge >= 0.3 is 6.29 Å². The average Bonchev–Trinajstić information content (AvgIpc) is 3.21. The number of hydrogen-bond acceptors (Lipinski definition) is 6. The Kier molecular flexibility index (Phi) is 6.85. The Balaban J connectivity index is 1.20. The molecule has 0 spiro atoms. The van der Waals surface area contributed by atoms with Crippen LogP contribution < -0.4 is 25.4 Å². The number of aromatic nitrogens is 1. The number of nitrogens with one attached hydrogen (secondary N) is 3. The smallest absolute Gasteiger partial charge is 0.395 e. The summed E-state index contributed by atoms with van der Waals surface area (Å²) in [5.74, 6) is 0.151. The first-order valence-corrected chi connectivity index (χ1v) is 11.7. The third-order valence-electron chi connectivity index (χ3n) is 5.70. The number of nitrogens with zero attached hydrogens (tertiary/aromatic N) is 1. The molecular formula is C28H24F2N4O3. The van der Waals surface area contributed by atoms with Crippen LogP contribution in [0.2, 0.25) is 0 Å². The minimum Gasteiger partial charge on any atom is -0.395 e. The van der Waals surface area contributed by atoms with Crippen LogP contribution in [0.25, 0.3) is 0 Å². The first-order chi connectivity index (χ1) is 17.9. The van der Waals surface area contributed by atoms with Crippen LogP contribution in [0.15, 0.2) is 91.1 Å². The minimum absolute atomic E-state index is 0.0867. The van der Waals surface area contributed by atoms with Crippen LogP contribution in [0.3, 0.4) is 0 Å². The molecule has 3 N–H and O–H groups in total. The number of carbonyl (C=O) groups is 1. The number of halogens is 2. The van der Waals surface area contributed by atoms with Crippen molar-refractivity contribution in [1.82, 2.24) is 4.98 Å². The number of fused-ring (bicyclic) bond motifs is 1. The highest BCUT2D eigenvalue weighted by molar-refractivity contribution is 6.08. The van der Waals surface area contributed by atoms with Crippen LogP contribution in [0, 0.1) is 0 Å². The predicted molar refractivity (Wildman–Crippen MR) is 137 cm³/mol. The molecule has 188 valence electrons. The molecule has 0 saturated heterocycles. The maximum Gasteiger partial charge on any atom is 0.586 e. The van der Waals surface area contributed by atoms with E-state index in [1.165, 1.54) is 23.8 Å². The normalized spacial score (nSPS) is 13.1. The first-order valence-electron chi connectivity index (χ1n) is 11.7. The summed E-state index contributed by atoms with van der Waals surface area (Å²) >= 11 is 0. The first kappa shape index (κ1) is 24.1. The third kappa shape index (κ3) is 6.13. The van der Waals surface area contributed by atoms with Gasteiger partial charge in [-0.2, -0.15) is 0 Å². The van der Waals surface area contributed by atoms with Crippen LogP contribution in [-0.2, 0) is 13.0 Å². The monoisotopic (exact) mass is 502 g/mol. The van der Waals surface area contributed by atoms with Gasteiger partial charge in [0.15, 0.2) is 11.5 Å². The zero-order valence-electron chi connectivity index (χ0n) is 19.7. The topological polar surface area (TPSA) is 84.5 Å². The number of rotatable bonds is 9. The van der Waals surface area contributed by atoms with E-state index in [0.717, 1.165) is 24.3 Å². The Morgan fingerprint density at radius 3 is 2.49 bits per heavy atom. The number of pyridine rings is 1. The highest BCUT2D eigenvalue weighted by Gasteiger charge is 2.43. The van der Waals surface area contributed by atoms with Gasteiger partial charge in [-0.3, -0.25) is 4.79 Å². The van der Waals surface area contributed by atoms with Crippen molar-refractivity contribution >= 4 is 23.1 Å². The van der Waals surface area contributed by atoms with E-state index < -0.39 is 12.2 Å². The lowest BCUT2D eigenvalue weighted by Gasteiger charge is -2.13. The van der Waals surface area contributed by atoms with Gasteiger partial charge in [-0.15, -0.1) is 8.78 Å². The van der Waals surface area contributed by atoms with Crippen molar-refractivity contribution in [2.24, 2.45) is 0 Å². The molecular weight excluding hydrogens is 478 g/mol. The fourth-order valence-electron chi connectivity index (χ4n) is 3.92. The SMILES string of the molecule is O=C(Nc1ccc2c(c1)OC(F)(F)O2)c1ccccc1NCc1ccnc(NCCc2ccccc2)c1. The van der Waals surface area contributed by atoms with Gasteiger partial charge < -0.3 is 25.4 Å². The van der Waals surface area contributed by atoms with Gasteiger partial charge in [0, 0.05) is 36.7 Å². The maximum absolute atomic E-state index is 13.3. The van der Waals surface area contributed by atoms with Crippen LogP contribution in [0.1, 0.15) is 21.5 Å². The molecule has 0 bridgehead atoms. The molecule has 4 aromatic rings. The summed E-state index contributed by atoms with van der Waals surface area (Å²) in [7, 11) is 0. The molecule has 1 aliphatic rings.